The Morgan fingerprint density at radius 3 is 1.23 bits per heavy atom. The van der Waals surface area contributed by atoms with Crippen LogP contribution in [0.2, 0.25) is 0 Å². The Bertz CT molecular complexity index is 814. The number of carbonyl (C=O) groups is 2. The Labute approximate surface area is 289 Å². The highest BCUT2D eigenvalue weighted by Gasteiger charge is 2.54. The Morgan fingerprint density at radius 2 is 0.936 bits per heavy atom. The van der Waals surface area contributed by atoms with Crippen LogP contribution in [0.1, 0.15) is 207 Å². The maximum absolute atomic E-state index is 14.9. The molecule has 272 valence electrons. The molecule has 0 aromatic heterocycles. The van der Waals surface area contributed by atoms with Gasteiger partial charge in [0, 0.05) is 11.0 Å². The lowest BCUT2D eigenvalue weighted by atomic mass is 9.49. The minimum Gasteiger partial charge on any atom is -0.545 e. The van der Waals surface area contributed by atoms with E-state index in [4.69, 9.17) is 9.47 Å². The average molecular weight is 658 g/mol. The highest BCUT2D eigenvalue weighted by molar-refractivity contribution is 6.00. The zero-order valence-corrected chi connectivity index (χ0v) is 31.1. The molecule has 3 fully saturated rings. The second-order valence-electron chi connectivity index (χ2n) is 15.7. The molecule has 1 unspecified atom stereocenters. The highest BCUT2D eigenvalue weighted by atomic mass is 16.7. The first-order valence-electron chi connectivity index (χ1n) is 20.7. The van der Waals surface area contributed by atoms with Gasteiger partial charge in [-0.05, 0) is 82.1 Å². The Morgan fingerprint density at radius 1 is 0.617 bits per heavy atom. The van der Waals surface area contributed by atoms with Crippen LogP contribution in [-0.4, -0.2) is 24.8 Å². The van der Waals surface area contributed by atoms with Gasteiger partial charge < -0.3 is 19.4 Å². The molecule has 0 aromatic rings. The van der Waals surface area contributed by atoms with E-state index < -0.39 is 23.6 Å². The highest BCUT2D eigenvalue weighted by Crippen LogP contribution is 2.59. The number of hydrogen-bond donors (Lipinski definition) is 0. The number of rotatable bonds is 11. The fourth-order valence-electron chi connectivity index (χ4n) is 9.87. The number of unbranched alkanes of at least 4 members (excludes halogenated alkanes) is 1. The summed E-state index contributed by atoms with van der Waals surface area (Å²) in [6.45, 7) is 6.13. The van der Waals surface area contributed by atoms with Gasteiger partial charge in [-0.3, -0.25) is 0 Å². The van der Waals surface area contributed by atoms with Gasteiger partial charge in [0.1, 0.15) is 0 Å². The molecule has 0 aliphatic heterocycles. The lowest BCUT2D eigenvalue weighted by molar-refractivity contribution is -0.299. The van der Waals surface area contributed by atoms with Crippen LogP contribution in [0.4, 0.5) is 0 Å². The van der Waals surface area contributed by atoms with Gasteiger partial charge in [-0.2, -0.15) is 0 Å². The molecule has 0 radical (unpaired) electrons. The van der Waals surface area contributed by atoms with Crippen molar-refractivity contribution in [2.24, 2.45) is 23.2 Å². The number of aliphatic carboxylic acids is 1. The van der Waals surface area contributed by atoms with Crippen molar-refractivity contribution in [3.8, 4) is 0 Å². The lowest BCUT2D eigenvalue weighted by Gasteiger charge is -2.54. The zero-order chi connectivity index (χ0) is 33.7. The molecular formula is C42H73O5-. The van der Waals surface area contributed by atoms with Crippen LogP contribution in [0.15, 0.2) is 11.1 Å². The number of carbonyl (C=O) groups excluding carboxylic acids is 2. The predicted molar refractivity (Wildman–Crippen MR) is 192 cm³/mol. The normalized spacial score (nSPS) is 23.2. The van der Waals surface area contributed by atoms with Crippen molar-refractivity contribution in [1.82, 2.24) is 0 Å². The van der Waals surface area contributed by atoms with Crippen LogP contribution in [-0.2, 0) is 19.1 Å². The maximum Gasteiger partial charge on any atom is 0.337 e. The van der Waals surface area contributed by atoms with E-state index in [-0.39, 0.29) is 23.3 Å². The van der Waals surface area contributed by atoms with E-state index in [1.165, 1.54) is 96.3 Å². The third kappa shape index (κ3) is 12.8. The predicted octanol–water partition coefficient (Wildman–Crippen LogP) is 11.2. The third-order valence-electron chi connectivity index (χ3n) is 12.3. The number of carboxylic acid groups (broad SMARTS) is 1. The molecule has 0 saturated heterocycles. The molecule has 47 heavy (non-hydrogen) atoms. The number of hydrogen-bond acceptors (Lipinski definition) is 5. The molecule has 3 aliphatic carbocycles. The quantitative estimate of drug-likeness (QED) is 0.0956. The first-order chi connectivity index (χ1) is 22.9. The number of carboxylic acids is 1. The van der Waals surface area contributed by atoms with Crippen LogP contribution in [0.3, 0.4) is 0 Å². The van der Waals surface area contributed by atoms with Crippen LogP contribution < -0.4 is 5.11 Å². The molecule has 5 heteroatoms. The van der Waals surface area contributed by atoms with Gasteiger partial charge in [0.2, 0.25) is 0 Å². The van der Waals surface area contributed by atoms with Gasteiger partial charge in [0.25, 0.3) is 0 Å². The summed E-state index contributed by atoms with van der Waals surface area (Å²) in [7, 11) is 0. The van der Waals surface area contributed by atoms with E-state index in [2.05, 4.69) is 6.92 Å². The lowest BCUT2D eigenvalue weighted by Crippen LogP contribution is -2.50. The van der Waals surface area contributed by atoms with E-state index >= 15 is 0 Å². The van der Waals surface area contributed by atoms with E-state index in [0.29, 0.717) is 12.2 Å². The van der Waals surface area contributed by atoms with Crippen molar-refractivity contribution in [3.63, 3.8) is 0 Å². The van der Waals surface area contributed by atoms with Gasteiger partial charge >= 0.3 is 5.97 Å². The summed E-state index contributed by atoms with van der Waals surface area (Å²) < 4.78 is 12.2. The molecule has 0 heterocycles. The van der Waals surface area contributed by atoms with E-state index in [0.717, 1.165) is 89.9 Å². The Hall–Kier alpha value is -1.36. The second kappa shape index (κ2) is 23.1. The number of ether oxygens (including phenoxy) is 2. The van der Waals surface area contributed by atoms with Crippen LogP contribution in [0.5, 0.6) is 0 Å². The molecule has 3 saturated carbocycles. The van der Waals surface area contributed by atoms with Gasteiger partial charge in [0.15, 0.2) is 6.29 Å². The van der Waals surface area contributed by atoms with Gasteiger partial charge in [-0.1, -0.05) is 148 Å². The summed E-state index contributed by atoms with van der Waals surface area (Å²) in [5.74, 6) is -0.832. The summed E-state index contributed by atoms with van der Waals surface area (Å²) in [6, 6.07) is 0. The minimum atomic E-state index is -1.21. The van der Waals surface area contributed by atoms with Crippen molar-refractivity contribution < 1.29 is 24.2 Å². The smallest absolute Gasteiger partial charge is 0.337 e. The van der Waals surface area contributed by atoms with Crippen molar-refractivity contribution in [2.45, 2.75) is 213 Å². The topological polar surface area (TPSA) is 75.7 Å². The maximum atomic E-state index is 14.9. The van der Waals surface area contributed by atoms with Crippen LogP contribution >= 0.6 is 0 Å². The average Bonchev–Trinajstić information content (AvgIpc) is 3.07. The SMILES string of the molecule is CCCCOC(C)OC(=O)/C(=C(\C)C(=O)[O-])C(C1CCCCCCCCC1)(C1CCCCCCCCC1)C1CCCCCCCCC1. The molecule has 0 spiro atoms. The zero-order valence-electron chi connectivity index (χ0n) is 31.1. The second-order valence-corrected chi connectivity index (χ2v) is 15.7. The van der Waals surface area contributed by atoms with Crippen molar-refractivity contribution in [3.05, 3.63) is 11.1 Å². The largest absolute Gasteiger partial charge is 0.545 e. The van der Waals surface area contributed by atoms with Gasteiger partial charge in [0.05, 0.1) is 12.6 Å². The molecule has 5 nitrogen and oxygen atoms in total. The first-order valence-corrected chi connectivity index (χ1v) is 20.7. The van der Waals surface area contributed by atoms with Crippen molar-refractivity contribution in [1.29, 1.82) is 0 Å². The summed E-state index contributed by atoms with van der Waals surface area (Å²) in [5, 5.41) is 13.1. The van der Waals surface area contributed by atoms with Crippen LogP contribution in [0.25, 0.3) is 0 Å². The fraction of sp³-hybridized carbons (Fsp3) is 0.905. The minimum absolute atomic E-state index is 0.127. The fourth-order valence-corrected chi connectivity index (χ4v) is 9.87. The summed E-state index contributed by atoms with van der Waals surface area (Å²) in [4.78, 5) is 28.0. The van der Waals surface area contributed by atoms with Crippen molar-refractivity contribution >= 4 is 11.9 Å². The van der Waals surface area contributed by atoms with Gasteiger partial charge in [-0.15, -0.1) is 0 Å². The van der Waals surface area contributed by atoms with Gasteiger partial charge in [-0.25, -0.2) is 4.79 Å². The van der Waals surface area contributed by atoms with Crippen molar-refractivity contribution in [2.75, 3.05) is 6.61 Å². The first kappa shape index (κ1) is 40.1. The molecular weight excluding hydrogens is 584 g/mol. The third-order valence-corrected chi connectivity index (χ3v) is 12.3. The molecule has 0 amide bonds. The van der Waals surface area contributed by atoms with Crippen LogP contribution in [0, 0.1) is 23.2 Å². The summed E-state index contributed by atoms with van der Waals surface area (Å²) >= 11 is 0. The van der Waals surface area contributed by atoms with E-state index in [9.17, 15) is 14.7 Å². The molecule has 1 atom stereocenters. The van der Waals surface area contributed by atoms with E-state index in [1.54, 1.807) is 13.8 Å². The molecule has 0 aromatic carbocycles. The summed E-state index contributed by atoms with van der Waals surface area (Å²) in [6.07, 6.45) is 33.6. The Kier molecular flexibility index (Phi) is 19.7. The monoisotopic (exact) mass is 658 g/mol. The summed E-state index contributed by atoms with van der Waals surface area (Å²) in [5.41, 5.74) is 0.0822. The Balaban J connectivity index is 2.28. The molecule has 0 N–H and O–H groups in total. The molecule has 3 rings (SSSR count). The molecule has 0 bridgehead atoms. The number of esters is 1. The molecule has 3 aliphatic rings. The van der Waals surface area contributed by atoms with E-state index in [1.807, 2.05) is 0 Å². The standard InChI is InChI=1S/C42H74O5/c1-4-5-33-46-35(3)47-41(45)39(34(2)40(43)44)42(36-27-21-15-9-6-10-16-22-28-36,37-29-23-17-11-7-12-18-24-30-37)38-31-25-19-13-8-14-20-26-32-38/h35-38H,4-33H2,1-3H3,(H,43,44)/p-1/b39-34-.